The first-order chi connectivity index (χ1) is 9.13. The summed E-state index contributed by atoms with van der Waals surface area (Å²) in [5.74, 6) is 0.0432. The Balaban J connectivity index is 1.84. The van der Waals surface area contributed by atoms with E-state index in [-0.39, 0.29) is 11.7 Å². The quantitative estimate of drug-likeness (QED) is 0.741. The molecule has 0 atom stereocenters. The Labute approximate surface area is 118 Å². The lowest BCUT2D eigenvalue weighted by Gasteiger charge is -2.05. The Morgan fingerprint density at radius 3 is 2.79 bits per heavy atom. The van der Waals surface area contributed by atoms with Gasteiger partial charge in [0.2, 0.25) is 0 Å². The molecule has 1 amide bonds. The van der Waals surface area contributed by atoms with Crippen LogP contribution in [0.2, 0.25) is 0 Å². The number of aryl methyl sites for hydroxylation is 1. The molecule has 5 heteroatoms. The Morgan fingerprint density at radius 2 is 2.05 bits per heavy atom. The number of hydrogen-bond acceptors (Lipinski definition) is 4. The third kappa shape index (κ3) is 2.34. The van der Waals surface area contributed by atoms with E-state index >= 15 is 0 Å². The van der Waals surface area contributed by atoms with Gasteiger partial charge in [-0.3, -0.25) is 4.79 Å². The molecule has 0 saturated carbocycles. The van der Waals surface area contributed by atoms with E-state index in [1.165, 1.54) is 11.3 Å². The molecule has 0 saturated heterocycles. The number of anilines is 1. The number of nitrogens with one attached hydrogen (secondary N) is 1. The lowest BCUT2D eigenvalue weighted by molar-refractivity contribution is 0.103. The van der Waals surface area contributed by atoms with Gasteiger partial charge in [-0.05, 0) is 36.1 Å². The maximum absolute atomic E-state index is 12.1. The molecule has 0 bridgehead atoms. The van der Waals surface area contributed by atoms with Gasteiger partial charge < -0.3 is 10.4 Å². The fourth-order valence-corrected chi connectivity index (χ4v) is 3.76. The Bertz CT molecular complexity index is 729. The summed E-state index contributed by atoms with van der Waals surface area (Å²) in [7, 11) is 0. The molecule has 3 rings (SSSR count). The molecule has 0 spiro atoms. The Morgan fingerprint density at radius 1 is 1.21 bits per heavy atom. The molecule has 2 heterocycles. The predicted molar refractivity (Wildman–Crippen MR) is 80.5 cm³/mol. The molecule has 3 nitrogen and oxygen atoms in total. The molecule has 1 aromatic carbocycles. The molecule has 2 aromatic heterocycles. The summed E-state index contributed by atoms with van der Waals surface area (Å²) in [5, 5.41) is 14.4. The topological polar surface area (TPSA) is 49.3 Å². The van der Waals surface area contributed by atoms with Crippen molar-refractivity contribution in [3.63, 3.8) is 0 Å². The van der Waals surface area contributed by atoms with Crippen LogP contribution in [0.3, 0.4) is 0 Å². The number of benzene rings is 1. The van der Waals surface area contributed by atoms with Crippen molar-refractivity contribution in [3.8, 4) is 5.75 Å². The average molecular weight is 289 g/mol. The highest BCUT2D eigenvalue weighted by Gasteiger charge is 2.11. The molecule has 0 aliphatic heterocycles. The van der Waals surface area contributed by atoms with Gasteiger partial charge in [-0.1, -0.05) is 6.07 Å². The highest BCUT2D eigenvalue weighted by Crippen LogP contribution is 2.30. The number of phenolic OH excluding ortho intramolecular Hbond substituents is 1. The van der Waals surface area contributed by atoms with Crippen LogP contribution in [0.1, 0.15) is 15.2 Å². The maximum atomic E-state index is 12.1. The van der Waals surface area contributed by atoms with Gasteiger partial charge in [-0.15, -0.1) is 22.7 Å². The monoisotopic (exact) mass is 289 g/mol. The van der Waals surface area contributed by atoms with Gasteiger partial charge in [-0.2, -0.15) is 0 Å². The fourth-order valence-electron chi connectivity index (χ4n) is 1.76. The van der Waals surface area contributed by atoms with Gasteiger partial charge in [0, 0.05) is 21.2 Å². The number of fused-ring (bicyclic) bond motifs is 1. The largest absolute Gasteiger partial charge is 0.508 e. The summed E-state index contributed by atoms with van der Waals surface area (Å²) in [6, 6.07) is 9.03. The van der Waals surface area contributed by atoms with Crippen molar-refractivity contribution >= 4 is 43.7 Å². The number of thiophene rings is 2. The molecule has 96 valence electrons. The van der Waals surface area contributed by atoms with Gasteiger partial charge in [0.15, 0.2) is 0 Å². The van der Waals surface area contributed by atoms with E-state index in [1.54, 1.807) is 29.5 Å². The molecule has 0 aliphatic carbocycles. The zero-order chi connectivity index (χ0) is 13.4. The number of carbonyl (C=O) groups is 1. The summed E-state index contributed by atoms with van der Waals surface area (Å²) in [5.41, 5.74) is 1.39. The lowest BCUT2D eigenvalue weighted by atomic mass is 10.2. The van der Waals surface area contributed by atoms with Crippen molar-refractivity contribution in [3.05, 3.63) is 46.2 Å². The molecular formula is C14H11NO2S2. The number of aromatic hydroxyl groups is 1. The molecule has 0 unspecified atom stereocenters. The molecule has 0 fully saturated rings. The zero-order valence-corrected chi connectivity index (χ0v) is 11.8. The van der Waals surface area contributed by atoms with E-state index < -0.39 is 0 Å². The van der Waals surface area contributed by atoms with Crippen LogP contribution in [0.25, 0.3) is 9.40 Å². The van der Waals surface area contributed by atoms with E-state index in [0.717, 1.165) is 15.0 Å². The van der Waals surface area contributed by atoms with Crippen LogP contribution in [-0.4, -0.2) is 11.0 Å². The Hall–Kier alpha value is -1.85. The second kappa shape index (κ2) is 4.68. The van der Waals surface area contributed by atoms with Crippen molar-refractivity contribution in [2.75, 3.05) is 5.32 Å². The molecule has 3 aromatic rings. The minimum absolute atomic E-state index is 0.142. The molecule has 2 N–H and O–H groups in total. The number of amides is 1. The summed E-state index contributed by atoms with van der Waals surface area (Å²) in [4.78, 5) is 12.8. The van der Waals surface area contributed by atoms with Crippen molar-refractivity contribution < 1.29 is 9.90 Å². The van der Waals surface area contributed by atoms with Crippen molar-refractivity contribution in [2.24, 2.45) is 0 Å². The summed E-state index contributed by atoms with van der Waals surface area (Å²) < 4.78 is 2.25. The van der Waals surface area contributed by atoms with Crippen molar-refractivity contribution in [1.29, 1.82) is 0 Å². The SMILES string of the molecule is Cc1ccc(NC(=O)c2cc3sccc3s2)cc1O. The first kappa shape index (κ1) is 12.2. The van der Waals surface area contributed by atoms with Crippen LogP contribution < -0.4 is 5.32 Å². The second-order valence-electron chi connectivity index (χ2n) is 4.22. The number of carbonyl (C=O) groups excluding carboxylic acids is 1. The van der Waals surface area contributed by atoms with Crippen LogP contribution in [-0.2, 0) is 0 Å². The van der Waals surface area contributed by atoms with Gasteiger partial charge >= 0.3 is 0 Å². The predicted octanol–water partition coefficient (Wildman–Crippen LogP) is 4.23. The van der Waals surface area contributed by atoms with Gasteiger partial charge in [-0.25, -0.2) is 0 Å². The lowest BCUT2D eigenvalue weighted by Crippen LogP contribution is -2.09. The highest BCUT2D eigenvalue weighted by atomic mass is 32.1. The number of phenols is 1. The minimum Gasteiger partial charge on any atom is -0.508 e. The van der Waals surface area contributed by atoms with Crippen LogP contribution in [0.15, 0.2) is 35.7 Å². The fraction of sp³-hybridized carbons (Fsp3) is 0.0714. The van der Waals surface area contributed by atoms with Gasteiger partial charge in [0.25, 0.3) is 5.91 Å². The van der Waals surface area contributed by atoms with Crippen LogP contribution in [0.4, 0.5) is 5.69 Å². The average Bonchev–Trinajstić information content (AvgIpc) is 2.94. The highest BCUT2D eigenvalue weighted by molar-refractivity contribution is 7.27. The second-order valence-corrected chi connectivity index (χ2v) is 6.25. The smallest absolute Gasteiger partial charge is 0.265 e. The molecule has 19 heavy (non-hydrogen) atoms. The van der Waals surface area contributed by atoms with Gasteiger partial charge in [0.1, 0.15) is 5.75 Å². The summed E-state index contributed by atoms with van der Waals surface area (Å²) in [6.45, 7) is 1.81. The normalized spacial score (nSPS) is 10.8. The Kier molecular flexibility index (Phi) is 3.00. The first-order valence-electron chi connectivity index (χ1n) is 5.71. The van der Waals surface area contributed by atoms with Crippen LogP contribution >= 0.6 is 22.7 Å². The molecule has 0 radical (unpaired) electrons. The van der Waals surface area contributed by atoms with Crippen molar-refractivity contribution in [2.45, 2.75) is 6.92 Å². The summed E-state index contributed by atoms with van der Waals surface area (Å²) in [6.07, 6.45) is 0. The summed E-state index contributed by atoms with van der Waals surface area (Å²) >= 11 is 3.10. The zero-order valence-electron chi connectivity index (χ0n) is 10.1. The first-order valence-corrected chi connectivity index (χ1v) is 7.41. The third-order valence-electron chi connectivity index (χ3n) is 2.83. The third-order valence-corrected chi connectivity index (χ3v) is 4.92. The van der Waals surface area contributed by atoms with Gasteiger partial charge in [0.05, 0.1) is 4.88 Å². The van der Waals surface area contributed by atoms with E-state index in [0.29, 0.717) is 10.6 Å². The van der Waals surface area contributed by atoms with E-state index in [9.17, 15) is 9.90 Å². The van der Waals surface area contributed by atoms with Crippen LogP contribution in [0.5, 0.6) is 5.75 Å². The number of hydrogen-bond donors (Lipinski definition) is 2. The van der Waals surface area contributed by atoms with Crippen LogP contribution in [0, 0.1) is 6.92 Å². The van der Waals surface area contributed by atoms with E-state index in [1.807, 2.05) is 24.4 Å². The standard InChI is InChI=1S/C14H11NO2S2/c1-8-2-3-9(6-10(8)16)15-14(17)13-7-12-11(19-13)4-5-18-12/h2-7,16H,1H3,(H,15,17). The van der Waals surface area contributed by atoms with E-state index in [2.05, 4.69) is 5.32 Å². The van der Waals surface area contributed by atoms with Crippen molar-refractivity contribution in [1.82, 2.24) is 0 Å². The van der Waals surface area contributed by atoms with E-state index in [4.69, 9.17) is 0 Å². The minimum atomic E-state index is -0.142. The molecule has 0 aliphatic rings. The molecular weight excluding hydrogens is 278 g/mol. The number of rotatable bonds is 2. The maximum Gasteiger partial charge on any atom is 0.265 e.